The van der Waals surface area contributed by atoms with E-state index < -0.39 is 0 Å². The van der Waals surface area contributed by atoms with Crippen LogP contribution in [0.5, 0.6) is 0 Å². The van der Waals surface area contributed by atoms with Crippen molar-refractivity contribution >= 4 is 34.1 Å². The first-order valence-electron chi connectivity index (χ1n) is 12.6. The Kier molecular flexibility index (Phi) is 7.37. The molecule has 0 saturated carbocycles. The van der Waals surface area contributed by atoms with Crippen molar-refractivity contribution in [3.63, 3.8) is 0 Å². The minimum Gasteiger partial charge on any atom is -0.329 e. The van der Waals surface area contributed by atoms with Gasteiger partial charge in [-0.15, -0.1) is 0 Å². The van der Waals surface area contributed by atoms with E-state index in [4.69, 9.17) is 0 Å². The number of aryl methyl sites for hydroxylation is 1. The van der Waals surface area contributed by atoms with Gasteiger partial charge in [-0.25, -0.2) is 9.97 Å². The van der Waals surface area contributed by atoms with Crippen LogP contribution >= 0.6 is 0 Å². The first-order valence-corrected chi connectivity index (χ1v) is 12.6. The molecule has 1 fully saturated rings. The van der Waals surface area contributed by atoms with E-state index in [1.54, 1.807) is 18.5 Å². The highest BCUT2D eigenvalue weighted by Gasteiger charge is 2.10. The van der Waals surface area contributed by atoms with Gasteiger partial charge in [0.05, 0.1) is 5.52 Å². The number of H-pyrrole nitrogens is 1. The number of amides is 1. The van der Waals surface area contributed by atoms with Gasteiger partial charge in [0.2, 0.25) is 11.9 Å². The van der Waals surface area contributed by atoms with Crippen LogP contribution in [-0.4, -0.2) is 45.4 Å². The zero-order valence-electron chi connectivity index (χ0n) is 20.8. The van der Waals surface area contributed by atoms with Crippen LogP contribution < -0.4 is 16.2 Å². The quantitative estimate of drug-likeness (QED) is 0.312. The molecule has 1 aliphatic heterocycles. The molecule has 0 bridgehead atoms. The average Bonchev–Trinajstić information content (AvgIpc) is 2.89. The smallest absolute Gasteiger partial charge is 0.256 e. The molecule has 4 aromatic rings. The van der Waals surface area contributed by atoms with E-state index in [1.807, 2.05) is 61.5 Å². The molecule has 8 heteroatoms. The molecule has 1 amide bonds. The summed E-state index contributed by atoms with van der Waals surface area (Å²) in [4.78, 5) is 38.8. The molecule has 1 saturated heterocycles. The molecule has 8 nitrogen and oxygen atoms in total. The van der Waals surface area contributed by atoms with Crippen molar-refractivity contribution in [3.8, 4) is 11.1 Å². The molecule has 2 aromatic heterocycles. The van der Waals surface area contributed by atoms with Crippen LogP contribution in [0, 0.1) is 6.92 Å². The number of nitrogens with one attached hydrogen (secondary N) is 3. The van der Waals surface area contributed by atoms with Gasteiger partial charge in [-0.1, -0.05) is 24.6 Å². The Morgan fingerprint density at radius 1 is 1.08 bits per heavy atom. The largest absolute Gasteiger partial charge is 0.329 e. The standard InChI is InChI=1S/C29H30N6O2/c1-20-12-13-30-28(37)27(20)21-10-11-25-22(17-21)19-31-29(34-25)33-24-8-5-7-23(18-24)32-26(36)9-6-16-35-14-3-2-4-15-35/h5-13,17-19H,2-4,14-16H2,1H3,(H,30,37)(H,32,36)(H,31,33,34)/b9-6+. The first-order chi connectivity index (χ1) is 18.0. The van der Waals surface area contributed by atoms with Crippen LogP contribution in [-0.2, 0) is 4.79 Å². The number of aromatic nitrogens is 3. The van der Waals surface area contributed by atoms with Gasteiger partial charge in [-0.2, -0.15) is 0 Å². The van der Waals surface area contributed by atoms with Crippen molar-refractivity contribution in [1.29, 1.82) is 0 Å². The number of piperidine rings is 1. The number of carbonyl (C=O) groups is 1. The fourth-order valence-electron chi connectivity index (χ4n) is 4.62. The van der Waals surface area contributed by atoms with Crippen LogP contribution in [0.25, 0.3) is 22.0 Å². The summed E-state index contributed by atoms with van der Waals surface area (Å²) >= 11 is 0. The van der Waals surface area contributed by atoms with Crippen LogP contribution in [0.3, 0.4) is 0 Å². The Morgan fingerprint density at radius 2 is 1.92 bits per heavy atom. The van der Waals surface area contributed by atoms with Crippen molar-refractivity contribution in [2.75, 3.05) is 30.3 Å². The molecule has 0 aliphatic carbocycles. The SMILES string of the molecule is Cc1cc[nH]c(=O)c1-c1ccc2nc(Nc3cccc(NC(=O)/C=C/CN4CCCCC4)c3)ncc2c1. The summed E-state index contributed by atoms with van der Waals surface area (Å²) in [7, 11) is 0. The van der Waals surface area contributed by atoms with Gasteiger partial charge in [-0.05, 0) is 80.4 Å². The van der Waals surface area contributed by atoms with Crippen molar-refractivity contribution < 1.29 is 4.79 Å². The van der Waals surface area contributed by atoms with E-state index in [2.05, 4.69) is 30.5 Å². The van der Waals surface area contributed by atoms with Crippen LogP contribution in [0.2, 0.25) is 0 Å². The highest BCUT2D eigenvalue weighted by atomic mass is 16.1. The van der Waals surface area contributed by atoms with Gasteiger partial charge in [0.1, 0.15) is 0 Å². The third kappa shape index (κ3) is 6.10. The number of hydrogen-bond donors (Lipinski definition) is 3. The maximum Gasteiger partial charge on any atom is 0.256 e. The van der Waals surface area contributed by atoms with Crippen molar-refractivity contribution in [2.24, 2.45) is 0 Å². The van der Waals surface area contributed by atoms with Gasteiger partial charge >= 0.3 is 0 Å². The molecule has 3 N–H and O–H groups in total. The molecule has 3 heterocycles. The lowest BCUT2D eigenvalue weighted by molar-refractivity contribution is -0.111. The van der Waals surface area contributed by atoms with Crippen molar-refractivity contribution in [2.45, 2.75) is 26.2 Å². The summed E-state index contributed by atoms with van der Waals surface area (Å²) in [6.45, 7) is 4.92. The minimum absolute atomic E-state index is 0.122. The number of anilines is 3. The molecule has 0 unspecified atom stereocenters. The zero-order chi connectivity index (χ0) is 25.6. The Bertz CT molecular complexity index is 1500. The van der Waals surface area contributed by atoms with Gasteiger partial charge in [-0.3, -0.25) is 14.5 Å². The van der Waals surface area contributed by atoms with Gasteiger partial charge in [0, 0.05) is 47.3 Å². The van der Waals surface area contributed by atoms with Crippen molar-refractivity contribution in [1.82, 2.24) is 19.9 Å². The summed E-state index contributed by atoms with van der Waals surface area (Å²) in [5, 5.41) is 6.96. The number of benzene rings is 2. The summed E-state index contributed by atoms with van der Waals surface area (Å²) < 4.78 is 0. The normalized spacial score (nSPS) is 14.2. The Morgan fingerprint density at radius 3 is 2.76 bits per heavy atom. The van der Waals surface area contributed by atoms with E-state index in [0.29, 0.717) is 17.2 Å². The number of fused-ring (bicyclic) bond motifs is 1. The molecule has 1 aliphatic rings. The number of aromatic amines is 1. The third-order valence-electron chi connectivity index (χ3n) is 6.51. The van der Waals surface area contributed by atoms with Crippen LogP contribution in [0.4, 0.5) is 17.3 Å². The second kappa shape index (κ2) is 11.2. The lowest BCUT2D eigenvalue weighted by atomic mass is 10.0. The van der Waals surface area contributed by atoms with E-state index in [9.17, 15) is 9.59 Å². The summed E-state index contributed by atoms with van der Waals surface area (Å²) in [5.41, 5.74) is 4.46. The third-order valence-corrected chi connectivity index (χ3v) is 6.51. The van der Waals surface area contributed by atoms with Crippen LogP contribution in [0.15, 0.2) is 77.9 Å². The van der Waals surface area contributed by atoms with E-state index >= 15 is 0 Å². The Balaban J connectivity index is 1.25. The molecule has 0 radical (unpaired) electrons. The molecule has 5 rings (SSSR count). The molecular formula is C29H30N6O2. The maximum absolute atomic E-state index is 12.4. The summed E-state index contributed by atoms with van der Waals surface area (Å²) in [6, 6.07) is 15.0. The first kappa shape index (κ1) is 24.4. The number of hydrogen-bond acceptors (Lipinski definition) is 6. The van der Waals surface area contributed by atoms with Gasteiger partial charge in [0.25, 0.3) is 5.56 Å². The molecule has 37 heavy (non-hydrogen) atoms. The van der Waals surface area contributed by atoms with E-state index in [0.717, 1.165) is 47.4 Å². The predicted octanol–water partition coefficient (Wildman–Crippen LogP) is 5.02. The minimum atomic E-state index is -0.153. The maximum atomic E-state index is 12.4. The molecule has 0 atom stereocenters. The lowest BCUT2D eigenvalue weighted by Crippen LogP contribution is -2.29. The summed E-state index contributed by atoms with van der Waals surface area (Å²) in [6.07, 6.45) is 10.7. The topological polar surface area (TPSA) is 103 Å². The van der Waals surface area contributed by atoms with Gasteiger partial charge < -0.3 is 15.6 Å². The lowest BCUT2D eigenvalue weighted by Gasteiger charge is -2.24. The van der Waals surface area contributed by atoms with Crippen LogP contribution in [0.1, 0.15) is 24.8 Å². The highest BCUT2D eigenvalue weighted by molar-refractivity contribution is 5.99. The highest BCUT2D eigenvalue weighted by Crippen LogP contribution is 2.25. The number of nitrogens with zero attached hydrogens (tertiary/aromatic N) is 3. The molecule has 0 spiro atoms. The number of likely N-dealkylation sites (tertiary alicyclic amines) is 1. The number of rotatable bonds is 7. The Labute approximate surface area is 215 Å². The van der Waals surface area contributed by atoms with E-state index in [1.165, 1.54) is 19.3 Å². The van der Waals surface area contributed by atoms with Gasteiger partial charge in [0.15, 0.2) is 0 Å². The fourth-order valence-corrected chi connectivity index (χ4v) is 4.62. The second-order valence-corrected chi connectivity index (χ2v) is 9.29. The zero-order valence-corrected chi connectivity index (χ0v) is 20.8. The predicted molar refractivity (Wildman–Crippen MR) is 148 cm³/mol. The van der Waals surface area contributed by atoms with E-state index in [-0.39, 0.29) is 11.5 Å². The Hall–Kier alpha value is -4.30. The summed E-state index contributed by atoms with van der Waals surface area (Å²) in [5.74, 6) is 0.290. The number of pyridine rings is 1. The van der Waals surface area contributed by atoms with Crippen molar-refractivity contribution in [3.05, 3.63) is 89.0 Å². The molecular weight excluding hydrogens is 464 g/mol. The second-order valence-electron chi connectivity index (χ2n) is 9.29. The fraction of sp³-hybridized carbons (Fsp3) is 0.241. The molecule has 188 valence electrons. The molecule has 2 aromatic carbocycles. The monoisotopic (exact) mass is 494 g/mol. The number of carbonyl (C=O) groups excluding carboxylic acids is 1. The average molecular weight is 495 g/mol.